The Balaban J connectivity index is 2.59. The Morgan fingerprint density at radius 3 is 2.78 bits per heavy atom. The third-order valence-corrected chi connectivity index (χ3v) is 3.14. The van der Waals surface area contributed by atoms with Gasteiger partial charge in [0.25, 0.3) is 5.91 Å². The van der Waals surface area contributed by atoms with Crippen LogP contribution in [-0.4, -0.2) is 19.0 Å². The van der Waals surface area contributed by atoms with Crippen LogP contribution < -0.4 is 11.1 Å². The number of hydrogen-bond donors (Lipinski definition) is 2. The predicted molar refractivity (Wildman–Crippen MR) is 70.9 cm³/mol. The predicted octanol–water partition coefficient (Wildman–Crippen LogP) is 2.24. The Morgan fingerprint density at radius 1 is 1.50 bits per heavy atom. The lowest BCUT2D eigenvalue weighted by Gasteiger charge is -2.15. The highest BCUT2D eigenvalue weighted by molar-refractivity contribution is 5.95. The van der Waals surface area contributed by atoms with E-state index in [4.69, 9.17) is 5.73 Å². The first-order valence-corrected chi connectivity index (χ1v) is 6.32. The van der Waals surface area contributed by atoms with Gasteiger partial charge in [0, 0.05) is 12.1 Å². The summed E-state index contributed by atoms with van der Waals surface area (Å²) >= 11 is 0. The van der Waals surface area contributed by atoms with Crippen molar-refractivity contribution in [3.8, 4) is 0 Å². The van der Waals surface area contributed by atoms with E-state index in [9.17, 15) is 9.18 Å². The number of carbonyl (C=O) groups is 1. The summed E-state index contributed by atoms with van der Waals surface area (Å²) in [5.74, 6) is -0.0682. The smallest absolute Gasteiger partial charge is 0.251 e. The Morgan fingerprint density at radius 2 is 2.22 bits per heavy atom. The van der Waals surface area contributed by atoms with E-state index < -0.39 is 0 Å². The number of hydrogen-bond acceptors (Lipinski definition) is 2. The fourth-order valence-corrected chi connectivity index (χ4v) is 1.90. The summed E-state index contributed by atoms with van der Waals surface area (Å²) < 4.78 is 12.9. The Kier molecular flexibility index (Phi) is 5.78. The molecule has 1 amide bonds. The van der Waals surface area contributed by atoms with Crippen LogP contribution in [0.25, 0.3) is 0 Å². The second-order valence-corrected chi connectivity index (χ2v) is 4.52. The first kappa shape index (κ1) is 14.6. The summed E-state index contributed by atoms with van der Waals surface area (Å²) in [4.78, 5) is 11.9. The lowest BCUT2D eigenvalue weighted by Crippen LogP contribution is -2.30. The molecule has 0 aromatic heterocycles. The molecule has 100 valence electrons. The van der Waals surface area contributed by atoms with Crippen molar-refractivity contribution < 1.29 is 9.18 Å². The number of amides is 1. The monoisotopic (exact) mass is 252 g/mol. The summed E-state index contributed by atoms with van der Waals surface area (Å²) in [6, 6.07) is 4.19. The third kappa shape index (κ3) is 4.11. The molecule has 4 heteroatoms. The molecule has 1 rings (SSSR count). The summed E-state index contributed by atoms with van der Waals surface area (Å²) in [7, 11) is 0. The van der Waals surface area contributed by atoms with Gasteiger partial charge in [-0.15, -0.1) is 0 Å². The molecule has 0 fully saturated rings. The molecule has 1 aromatic rings. The number of nitrogens with one attached hydrogen (secondary N) is 1. The number of nitrogens with two attached hydrogens (primary N) is 1. The van der Waals surface area contributed by atoms with Gasteiger partial charge in [0.2, 0.25) is 0 Å². The average Bonchev–Trinajstić information content (AvgIpc) is 2.34. The van der Waals surface area contributed by atoms with Crippen molar-refractivity contribution in [1.82, 2.24) is 5.32 Å². The van der Waals surface area contributed by atoms with Crippen LogP contribution >= 0.6 is 0 Å². The molecule has 0 saturated carbocycles. The van der Waals surface area contributed by atoms with Crippen LogP contribution in [0, 0.1) is 18.7 Å². The van der Waals surface area contributed by atoms with Crippen LogP contribution in [0.5, 0.6) is 0 Å². The molecule has 18 heavy (non-hydrogen) atoms. The van der Waals surface area contributed by atoms with Crippen LogP contribution in [0.15, 0.2) is 18.2 Å². The van der Waals surface area contributed by atoms with Crippen molar-refractivity contribution in [1.29, 1.82) is 0 Å². The molecule has 3 nitrogen and oxygen atoms in total. The first-order chi connectivity index (χ1) is 8.58. The van der Waals surface area contributed by atoms with E-state index in [1.54, 1.807) is 6.92 Å². The van der Waals surface area contributed by atoms with Crippen LogP contribution in [0.2, 0.25) is 0 Å². The van der Waals surface area contributed by atoms with Gasteiger partial charge in [0.05, 0.1) is 0 Å². The fraction of sp³-hybridized carbons (Fsp3) is 0.500. The number of carbonyl (C=O) groups excluding carboxylic acids is 1. The molecule has 0 radical (unpaired) electrons. The Labute approximate surface area is 108 Å². The zero-order chi connectivity index (χ0) is 13.5. The van der Waals surface area contributed by atoms with E-state index in [0.717, 1.165) is 12.8 Å². The molecule has 3 N–H and O–H groups in total. The number of rotatable bonds is 6. The van der Waals surface area contributed by atoms with Crippen LogP contribution in [0.3, 0.4) is 0 Å². The van der Waals surface area contributed by atoms with E-state index in [0.29, 0.717) is 30.1 Å². The molecule has 1 atom stereocenters. The largest absolute Gasteiger partial charge is 0.352 e. The van der Waals surface area contributed by atoms with Gasteiger partial charge in [0.1, 0.15) is 5.82 Å². The van der Waals surface area contributed by atoms with Gasteiger partial charge >= 0.3 is 0 Å². The van der Waals surface area contributed by atoms with Crippen molar-refractivity contribution in [2.45, 2.75) is 26.7 Å². The quantitative estimate of drug-likeness (QED) is 0.815. The molecule has 0 aliphatic carbocycles. The van der Waals surface area contributed by atoms with Gasteiger partial charge in [-0.3, -0.25) is 4.79 Å². The standard InChI is InChI=1S/C14H21FN2O/c1-3-11(6-7-16)9-17-14(18)13-5-4-12(15)8-10(13)2/h4-5,8,11H,3,6-7,9,16H2,1-2H3,(H,17,18). The van der Waals surface area contributed by atoms with Gasteiger partial charge < -0.3 is 11.1 Å². The second kappa shape index (κ2) is 7.11. The number of benzene rings is 1. The summed E-state index contributed by atoms with van der Waals surface area (Å²) in [5, 5.41) is 2.88. The Bertz CT molecular complexity index is 407. The summed E-state index contributed by atoms with van der Waals surface area (Å²) in [5.41, 5.74) is 6.69. The van der Waals surface area contributed by atoms with Crippen LogP contribution in [0.1, 0.15) is 35.7 Å². The summed E-state index contributed by atoms with van der Waals surface area (Å²) in [6.45, 7) is 5.05. The van der Waals surface area contributed by atoms with Crippen molar-refractivity contribution in [2.75, 3.05) is 13.1 Å². The maximum Gasteiger partial charge on any atom is 0.251 e. The van der Waals surface area contributed by atoms with Crippen molar-refractivity contribution in [3.63, 3.8) is 0 Å². The second-order valence-electron chi connectivity index (χ2n) is 4.52. The van der Waals surface area contributed by atoms with Gasteiger partial charge in [-0.2, -0.15) is 0 Å². The molecule has 0 saturated heterocycles. The van der Waals surface area contributed by atoms with E-state index >= 15 is 0 Å². The van der Waals surface area contributed by atoms with Gasteiger partial charge in [-0.1, -0.05) is 13.3 Å². The van der Waals surface area contributed by atoms with Crippen LogP contribution in [0.4, 0.5) is 4.39 Å². The van der Waals surface area contributed by atoms with Gasteiger partial charge in [-0.25, -0.2) is 4.39 Å². The highest BCUT2D eigenvalue weighted by atomic mass is 19.1. The molecule has 0 spiro atoms. The molecular formula is C14H21FN2O. The third-order valence-electron chi connectivity index (χ3n) is 3.14. The zero-order valence-electron chi connectivity index (χ0n) is 11.0. The van der Waals surface area contributed by atoms with Crippen molar-refractivity contribution >= 4 is 5.91 Å². The van der Waals surface area contributed by atoms with E-state index in [-0.39, 0.29) is 11.7 Å². The van der Waals surface area contributed by atoms with E-state index in [2.05, 4.69) is 12.2 Å². The number of halogens is 1. The summed E-state index contributed by atoms with van der Waals surface area (Å²) in [6.07, 6.45) is 1.89. The molecule has 0 bridgehead atoms. The van der Waals surface area contributed by atoms with Crippen molar-refractivity contribution in [3.05, 3.63) is 35.1 Å². The van der Waals surface area contributed by atoms with Gasteiger partial charge in [0.15, 0.2) is 0 Å². The van der Waals surface area contributed by atoms with Crippen molar-refractivity contribution in [2.24, 2.45) is 11.7 Å². The molecule has 1 aromatic carbocycles. The fourth-order valence-electron chi connectivity index (χ4n) is 1.90. The minimum absolute atomic E-state index is 0.150. The van der Waals surface area contributed by atoms with Gasteiger partial charge in [-0.05, 0) is 49.6 Å². The molecular weight excluding hydrogens is 231 g/mol. The highest BCUT2D eigenvalue weighted by Gasteiger charge is 2.11. The molecule has 0 heterocycles. The SMILES string of the molecule is CCC(CCN)CNC(=O)c1ccc(F)cc1C. The normalized spacial score (nSPS) is 12.2. The zero-order valence-corrected chi connectivity index (χ0v) is 11.0. The van der Waals surface area contributed by atoms with E-state index in [1.807, 2.05) is 0 Å². The maximum absolute atomic E-state index is 12.9. The lowest BCUT2D eigenvalue weighted by molar-refractivity contribution is 0.0945. The first-order valence-electron chi connectivity index (χ1n) is 6.32. The number of aryl methyl sites for hydroxylation is 1. The maximum atomic E-state index is 12.9. The molecule has 0 aliphatic rings. The van der Waals surface area contributed by atoms with Crippen LogP contribution in [-0.2, 0) is 0 Å². The average molecular weight is 252 g/mol. The topological polar surface area (TPSA) is 55.1 Å². The Hall–Kier alpha value is -1.42. The molecule has 1 unspecified atom stereocenters. The van der Waals surface area contributed by atoms with E-state index in [1.165, 1.54) is 18.2 Å². The highest BCUT2D eigenvalue weighted by Crippen LogP contribution is 2.11. The molecule has 0 aliphatic heterocycles. The minimum Gasteiger partial charge on any atom is -0.352 e. The lowest BCUT2D eigenvalue weighted by atomic mass is 10.0. The minimum atomic E-state index is -0.321.